The number of nitrogens with zero attached hydrogens (tertiary/aromatic N) is 2. The van der Waals surface area contributed by atoms with E-state index in [1.165, 1.54) is 11.5 Å². The van der Waals surface area contributed by atoms with E-state index in [-0.39, 0.29) is 6.04 Å². The van der Waals surface area contributed by atoms with Crippen molar-refractivity contribution in [2.75, 3.05) is 5.32 Å². The van der Waals surface area contributed by atoms with Crippen LogP contribution in [0, 0.1) is 6.92 Å². The average molecular weight is 201 g/mol. The van der Waals surface area contributed by atoms with Gasteiger partial charge in [0.05, 0.1) is 6.04 Å². The molecule has 1 saturated carbocycles. The van der Waals surface area contributed by atoms with Gasteiger partial charge >= 0.3 is 0 Å². The van der Waals surface area contributed by atoms with Gasteiger partial charge < -0.3 is 5.32 Å². The SMILES string of the molecule is Cc1nsc(NC2CCCC2F)n1. The van der Waals surface area contributed by atoms with Crippen LogP contribution in [0.4, 0.5) is 9.52 Å². The lowest BCUT2D eigenvalue weighted by Gasteiger charge is -2.12. The van der Waals surface area contributed by atoms with E-state index in [2.05, 4.69) is 14.7 Å². The van der Waals surface area contributed by atoms with Crippen molar-refractivity contribution in [1.29, 1.82) is 0 Å². The summed E-state index contributed by atoms with van der Waals surface area (Å²) in [5.41, 5.74) is 0. The molecule has 1 aliphatic rings. The first-order chi connectivity index (χ1) is 6.25. The van der Waals surface area contributed by atoms with Gasteiger partial charge in [0.1, 0.15) is 12.0 Å². The van der Waals surface area contributed by atoms with E-state index in [1.807, 2.05) is 6.92 Å². The molecule has 72 valence electrons. The molecular weight excluding hydrogens is 189 g/mol. The van der Waals surface area contributed by atoms with Crippen LogP contribution in [-0.4, -0.2) is 21.6 Å². The van der Waals surface area contributed by atoms with E-state index in [9.17, 15) is 4.39 Å². The summed E-state index contributed by atoms with van der Waals surface area (Å²) in [4.78, 5) is 4.14. The summed E-state index contributed by atoms with van der Waals surface area (Å²) in [6.07, 6.45) is 1.83. The minimum absolute atomic E-state index is 0.0488. The third-order valence-electron chi connectivity index (χ3n) is 2.27. The second kappa shape index (κ2) is 3.57. The highest BCUT2D eigenvalue weighted by atomic mass is 32.1. The highest BCUT2D eigenvalue weighted by Gasteiger charge is 2.27. The molecule has 0 bridgehead atoms. The Bertz CT molecular complexity index is 289. The van der Waals surface area contributed by atoms with Crippen LogP contribution in [0.25, 0.3) is 0 Å². The minimum atomic E-state index is -0.718. The highest BCUT2D eigenvalue weighted by molar-refractivity contribution is 7.09. The van der Waals surface area contributed by atoms with Crippen molar-refractivity contribution in [3.05, 3.63) is 5.82 Å². The second-order valence-corrected chi connectivity index (χ2v) is 4.10. The quantitative estimate of drug-likeness (QED) is 0.796. The monoisotopic (exact) mass is 201 g/mol. The Morgan fingerprint density at radius 3 is 2.92 bits per heavy atom. The standard InChI is InChI=1S/C8H12FN3S/c1-5-10-8(13-12-5)11-7-4-2-3-6(7)9/h6-7H,2-4H2,1H3,(H,10,11,12). The van der Waals surface area contributed by atoms with Gasteiger partial charge in [0, 0.05) is 11.5 Å². The molecular formula is C8H12FN3S. The summed E-state index contributed by atoms with van der Waals surface area (Å²) in [6.45, 7) is 1.84. The van der Waals surface area contributed by atoms with Gasteiger partial charge in [-0.25, -0.2) is 9.37 Å². The van der Waals surface area contributed by atoms with Crippen molar-refractivity contribution in [3.63, 3.8) is 0 Å². The van der Waals surface area contributed by atoms with Crippen molar-refractivity contribution in [2.24, 2.45) is 0 Å². The third-order valence-corrected chi connectivity index (χ3v) is 3.01. The highest BCUT2D eigenvalue weighted by Crippen LogP contribution is 2.25. The molecule has 0 spiro atoms. The maximum Gasteiger partial charge on any atom is 0.202 e. The van der Waals surface area contributed by atoms with E-state index in [0.29, 0.717) is 6.42 Å². The molecule has 2 unspecified atom stereocenters. The van der Waals surface area contributed by atoms with Crippen molar-refractivity contribution in [3.8, 4) is 0 Å². The molecule has 0 aliphatic heterocycles. The molecule has 2 atom stereocenters. The number of nitrogens with one attached hydrogen (secondary N) is 1. The summed E-state index contributed by atoms with van der Waals surface area (Å²) >= 11 is 1.30. The summed E-state index contributed by atoms with van der Waals surface area (Å²) < 4.78 is 17.2. The number of aromatic nitrogens is 2. The largest absolute Gasteiger partial charge is 0.355 e. The first-order valence-electron chi connectivity index (χ1n) is 4.46. The average Bonchev–Trinajstić information content (AvgIpc) is 2.64. The normalized spacial score (nSPS) is 27.8. The maximum absolute atomic E-state index is 13.2. The van der Waals surface area contributed by atoms with E-state index in [1.54, 1.807) is 0 Å². The van der Waals surface area contributed by atoms with Crippen molar-refractivity contribution in [2.45, 2.75) is 38.4 Å². The zero-order chi connectivity index (χ0) is 9.26. The Morgan fingerprint density at radius 1 is 1.54 bits per heavy atom. The van der Waals surface area contributed by atoms with Crippen LogP contribution in [-0.2, 0) is 0 Å². The van der Waals surface area contributed by atoms with Gasteiger partial charge in [-0.15, -0.1) is 0 Å². The lowest BCUT2D eigenvalue weighted by atomic mass is 10.2. The van der Waals surface area contributed by atoms with Gasteiger partial charge in [-0.1, -0.05) is 0 Å². The number of alkyl halides is 1. The summed E-state index contributed by atoms with van der Waals surface area (Å²) in [6, 6.07) is -0.0488. The minimum Gasteiger partial charge on any atom is -0.355 e. The van der Waals surface area contributed by atoms with Crippen LogP contribution in [0.1, 0.15) is 25.1 Å². The van der Waals surface area contributed by atoms with Gasteiger partial charge in [0.2, 0.25) is 5.13 Å². The lowest BCUT2D eigenvalue weighted by Crippen LogP contribution is -2.24. The van der Waals surface area contributed by atoms with E-state index >= 15 is 0 Å². The topological polar surface area (TPSA) is 37.8 Å². The fourth-order valence-electron chi connectivity index (χ4n) is 1.59. The number of anilines is 1. The summed E-state index contributed by atoms with van der Waals surface area (Å²) in [7, 11) is 0. The Balaban J connectivity index is 1.97. The molecule has 13 heavy (non-hydrogen) atoms. The fraction of sp³-hybridized carbons (Fsp3) is 0.750. The van der Waals surface area contributed by atoms with Crippen molar-refractivity contribution >= 4 is 16.7 Å². The zero-order valence-electron chi connectivity index (χ0n) is 7.46. The van der Waals surface area contributed by atoms with Crippen LogP contribution in [0.15, 0.2) is 0 Å². The van der Waals surface area contributed by atoms with Gasteiger partial charge in [-0.05, 0) is 26.2 Å². The molecule has 1 aliphatic carbocycles. The van der Waals surface area contributed by atoms with Gasteiger partial charge in [0.15, 0.2) is 0 Å². The first-order valence-corrected chi connectivity index (χ1v) is 5.24. The van der Waals surface area contributed by atoms with Crippen molar-refractivity contribution < 1.29 is 4.39 Å². The molecule has 0 aromatic carbocycles. The first kappa shape index (κ1) is 8.87. The van der Waals surface area contributed by atoms with Gasteiger partial charge in [-0.3, -0.25) is 0 Å². The summed E-state index contributed by atoms with van der Waals surface area (Å²) in [5.74, 6) is 0.751. The van der Waals surface area contributed by atoms with Crippen LogP contribution in [0.5, 0.6) is 0 Å². The van der Waals surface area contributed by atoms with Crippen LogP contribution in [0.2, 0.25) is 0 Å². The van der Waals surface area contributed by atoms with Crippen LogP contribution in [0.3, 0.4) is 0 Å². The number of hydrogen-bond acceptors (Lipinski definition) is 4. The molecule has 2 rings (SSSR count). The molecule has 0 radical (unpaired) electrons. The summed E-state index contributed by atoms with van der Waals surface area (Å²) in [5, 5.41) is 3.82. The molecule has 3 nitrogen and oxygen atoms in total. The molecule has 0 saturated heterocycles. The smallest absolute Gasteiger partial charge is 0.202 e. The predicted molar refractivity (Wildman–Crippen MR) is 50.8 cm³/mol. The van der Waals surface area contributed by atoms with Gasteiger partial charge in [0.25, 0.3) is 0 Å². The molecule has 0 amide bonds. The molecule has 1 aromatic rings. The Morgan fingerprint density at radius 2 is 2.38 bits per heavy atom. The third kappa shape index (κ3) is 1.96. The van der Waals surface area contributed by atoms with Crippen molar-refractivity contribution in [1.82, 2.24) is 9.36 Å². The Hall–Kier alpha value is -0.710. The Labute approximate surface area is 80.6 Å². The molecule has 1 N–H and O–H groups in total. The fourth-order valence-corrected chi connectivity index (χ4v) is 2.23. The van der Waals surface area contributed by atoms with Crippen LogP contribution >= 0.6 is 11.5 Å². The number of aryl methyl sites for hydroxylation is 1. The van der Waals surface area contributed by atoms with E-state index < -0.39 is 6.17 Å². The van der Waals surface area contributed by atoms with E-state index in [4.69, 9.17) is 0 Å². The maximum atomic E-state index is 13.2. The number of halogens is 1. The molecule has 1 heterocycles. The Kier molecular flexibility index (Phi) is 2.44. The lowest BCUT2D eigenvalue weighted by molar-refractivity contribution is 0.323. The molecule has 1 aromatic heterocycles. The second-order valence-electron chi connectivity index (χ2n) is 3.34. The number of hydrogen-bond donors (Lipinski definition) is 1. The zero-order valence-corrected chi connectivity index (χ0v) is 8.27. The van der Waals surface area contributed by atoms with E-state index in [0.717, 1.165) is 23.8 Å². The predicted octanol–water partition coefficient (Wildman–Crippen LogP) is 2.15. The number of rotatable bonds is 2. The molecule has 1 fully saturated rings. The van der Waals surface area contributed by atoms with Crippen LogP contribution < -0.4 is 5.32 Å². The molecule has 5 heteroatoms. The van der Waals surface area contributed by atoms with Gasteiger partial charge in [-0.2, -0.15) is 4.37 Å².